The lowest BCUT2D eigenvalue weighted by atomic mass is 9.95. The lowest BCUT2D eigenvalue weighted by molar-refractivity contribution is 0.0916. The zero-order valence-corrected chi connectivity index (χ0v) is 16.9. The molecule has 6 nitrogen and oxygen atoms in total. The Hall–Kier alpha value is -3.15. The summed E-state index contributed by atoms with van der Waals surface area (Å²) in [5, 5.41) is 6.01. The molecule has 0 bridgehead atoms. The van der Waals surface area contributed by atoms with Crippen molar-refractivity contribution in [2.24, 2.45) is 0 Å². The van der Waals surface area contributed by atoms with E-state index < -0.39 is 0 Å². The summed E-state index contributed by atoms with van der Waals surface area (Å²) in [6.07, 6.45) is 7.25. The Kier molecular flexibility index (Phi) is 5.34. The summed E-state index contributed by atoms with van der Waals surface area (Å²) in [4.78, 5) is 30.3. The van der Waals surface area contributed by atoms with Crippen molar-refractivity contribution in [2.45, 2.75) is 52.0 Å². The molecule has 2 aromatic heterocycles. The number of nitrogens with zero attached hydrogens (tertiary/aromatic N) is 2. The molecule has 0 atom stereocenters. The Morgan fingerprint density at radius 2 is 1.72 bits per heavy atom. The van der Waals surface area contributed by atoms with E-state index >= 15 is 0 Å². The molecule has 1 aromatic carbocycles. The molecule has 4 rings (SSSR count). The summed E-state index contributed by atoms with van der Waals surface area (Å²) in [7, 11) is 0. The highest BCUT2D eigenvalue weighted by Gasteiger charge is 2.24. The van der Waals surface area contributed by atoms with Gasteiger partial charge in [-0.3, -0.25) is 14.0 Å². The predicted molar refractivity (Wildman–Crippen MR) is 113 cm³/mol. The normalized spacial score (nSPS) is 14.7. The summed E-state index contributed by atoms with van der Waals surface area (Å²) in [5.74, 6) is -0.310. The van der Waals surface area contributed by atoms with Crippen molar-refractivity contribution in [1.82, 2.24) is 14.7 Å². The molecular formula is C23H26N4O2. The van der Waals surface area contributed by atoms with E-state index in [9.17, 15) is 9.59 Å². The number of fused-ring (bicyclic) bond motifs is 1. The first-order valence-corrected chi connectivity index (χ1v) is 10.2. The van der Waals surface area contributed by atoms with Crippen LogP contribution in [0.2, 0.25) is 0 Å². The number of aryl methyl sites for hydroxylation is 2. The van der Waals surface area contributed by atoms with Crippen molar-refractivity contribution in [1.29, 1.82) is 0 Å². The van der Waals surface area contributed by atoms with Gasteiger partial charge < -0.3 is 10.6 Å². The highest BCUT2D eigenvalue weighted by Crippen LogP contribution is 2.20. The number of carbonyl (C=O) groups is 2. The first kappa shape index (κ1) is 19.2. The minimum Gasteiger partial charge on any atom is -0.347 e. The minimum atomic E-state index is -0.324. The van der Waals surface area contributed by atoms with Gasteiger partial charge in [-0.1, -0.05) is 31.4 Å². The molecule has 6 heteroatoms. The molecule has 29 heavy (non-hydrogen) atoms. The van der Waals surface area contributed by atoms with Crippen LogP contribution in [0.4, 0.5) is 5.69 Å². The van der Waals surface area contributed by atoms with Gasteiger partial charge in [-0.15, -0.1) is 0 Å². The number of rotatable bonds is 4. The van der Waals surface area contributed by atoms with Crippen LogP contribution in [-0.4, -0.2) is 27.2 Å². The number of pyridine rings is 1. The zero-order valence-electron chi connectivity index (χ0n) is 16.9. The van der Waals surface area contributed by atoms with Gasteiger partial charge in [0.05, 0.1) is 5.52 Å². The second-order valence-corrected chi connectivity index (χ2v) is 7.88. The summed E-state index contributed by atoms with van der Waals surface area (Å²) < 4.78 is 1.69. The Labute approximate surface area is 170 Å². The largest absolute Gasteiger partial charge is 0.347 e. The fraction of sp³-hybridized carbons (Fsp3) is 0.348. The highest BCUT2D eigenvalue weighted by molar-refractivity contribution is 6.09. The molecule has 0 aliphatic heterocycles. The number of aromatic nitrogens is 2. The van der Waals surface area contributed by atoms with Gasteiger partial charge in [0.2, 0.25) is 5.82 Å². The maximum absolute atomic E-state index is 13.0. The van der Waals surface area contributed by atoms with E-state index in [4.69, 9.17) is 0 Å². The zero-order chi connectivity index (χ0) is 20.4. The van der Waals surface area contributed by atoms with Crippen LogP contribution < -0.4 is 10.6 Å². The second kappa shape index (κ2) is 8.07. The summed E-state index contributed by atoms with van der Waals surface area (Å²) in [6.45, 7) is 3.98. The standard InChI is InChI=1S/C23H26N4O2/c1-15-12-16(2)14-18(13-15)25-22(28)20-19-10-6-7-11-27(19)21(26-20)23(29)24-17-8-4-3-5-9-17/h6-7,10-14,17H,3-5,8-9H2,1-2H3,(H,24,29)(H,25,28). The van der Waals surface area contributed by atoms with Gasteiger partial charge in [0.15, 0.2) is 5.69 Å². The molecule has 0 radical (unpaired) electrons. The predicted octanol–water partition coefficient (Wildman–Crippen LogP) is 4.27. The van der Waals surface area contributed by atoms with Gasteiger partial charge in [-0.2, -0.15) is 0 Å². The number of anilines is 1. The SMILES string of the molecule is Cc1cc(C)cc(NC(=O)c2nc(C(=O)NC3CCCCC3)n3ccccc23)c1. The van der Waals surface area contributed by atoms with Gasteiger partial charge in [0.25, 0.3) is 11.8 Å². The molecule has 150 valence electrons. The van der Waals surface area contributed by atoms with E-state index in [0.29, 0.717) is 5.52 Å². The Balaban J connectivity index is 1.62. The van der Waals surface area contributed by atoms with Crippen LogP contribution in [0.5, 0.6) is 0 Å². The third-order valence-electron chi connectivity index (χ3n) is 5.39. The van der Waals surface area contributed by atoms with E-state index in [1.54, 1.807) is 16.7 Å². The number of carbonyl (C=O) groups excluding carboxylic acids is 2. The molecule has 0 saturated heterocycles. The van der Waals surface area contributed by atoms with Crippen molar-refractivity contribution in [3.63, 3.8) is 0 Å². The summed E-state index contributed by atoms with van der Waals surface area (Å²) >= 11 is 0. The van der Waals surface area contributed by atoms with Crippen LogP contribution in [0, 0.1) is 13.8 Å². The van der Waals surface area contributed by atoms with Gasteiger partial charge in [-0.05, 0) is 62.1 Å². The molecule has 1 saturated carbocycles. The maximum atomic E-state index is 13.0. The number of hydrogen-bond donors (Lipinski definition) is 2. The van der Waals surface area contributed by atoms with E-state index in [-0.39, 0.29) is 29.4 Å². The quantitative estimate of drug-likeness (QED) is 0.699. The number of nitrogens with one attached hydrogen (secondary N) is 2. The van der Waals surface area contributed by atoms with Crippen molar-refractivity contribution < 1.29 is 9.59 Å². The van der Waals surface area contributed by atoms with Crippen molar-refractivity contribution in [2.75, 3.05) is 5.32 Å². The third-order valence-corrected chi connectivity index (χ3v) is 5.39. The monoisotopic (exact) mass is 390 g/mol. The van der Waals surface area contributed by atoms with Crippen LogP contribution in [0.1, 0.15) is 64.3 Å². The third kappa shape index (κ3) is 4.16. The van der Waals surface area contributed by atoms with Crippen LogP contribution in [-0.2, 0) is 0 Å². The van der Waals surface area contributed by atoms with Crippen LogP contribution >= 0.6 is 0 Å². The molecule has 2 N–H and O–H groups in total. The van der Waals surface area contributed by atoms with Crippen LogP contribution in [0.3, 0.4) is 0 Å². The molecule has 3 aromatic rings. The van der Waals surface area contributed by atoms with E-state index in [0.717, 1.165) is 42.5 Å². The van der Waals surface area contributed by atoms with Crippen molar-refractivity contribution in [3.8, 4) is 0 Å². The Morgan fingerprint density at radius 3 is 2.45 bits per heavy atom. The van der Waals surface area contributed by atoms with Gasteiger partial charge in [0.1, 0.15) is 0 Å². The van der Waals surface area contributed by atoms with Gasteiger partial charge in [-0.25, -0.2) is 4.98 Å². The summed E-state index contributed by atoms with van der Waals surface area (Å²) in [5.41, 5.74) is 3.73. The molecule has 2 heterocycles. The van der Waals surface area contributed by atoms with Crippen LogP contribution in [0.15, 0.2) is 42.6 Å². The first-order chi connectivity index (χ1) is 14.0. The average Bonchev–Trinajstić information content (AvgIpc) is 3.08. The number of imidazole rings is 1. The Morgan fingerprint density at radius 1 is 1.00 bits per heavy atom. The lowest BCUT2D eigenvalue weighted by Crippen LogP contribution is -2.37. The van der Waals surface area contributed by atoms with E-state index in [1.807, 2.05) is 38.1 Å². The number of benzene rings is 1. The smallest absolute Gasteiger partial charge is 0.287 e. The average molecular weight is 390 g/mol. The second-order valence-electron chi connectivity index (χ2n) is 7.88. The highest BCUT2D eigenvalue weighted by atomic mass is 16.2. The first-order valence-electron chi connectivity index (χ1n) is 10.2. The fourth-order valence-corrected chi connectivity index (χ4v) is 4.10. The van der Waals surface area contributed by atoms with Gasteiger partial charge in [0, 0.05) is 17.9 Å². The van der Waals surface area contributed by atoms with Crippen LogP contribution in [0.25, 0.3) is 5.52 Å². The minimum absolute atomic E-state index is 0.180. The number of amides is 2. The van der Waals surface area contributed by atoms with Gasteiger partial charge >= 0.3 is 0 Å². The molecule has 1 aliphatic rings. The fourth-order valence-electron chi connectivity index (χ4n) is 4.10. The summed E-state index contributed by atoms with van der Waals surface area (Å²) in [6, 6.07) is 11.5. The molecule has 1 aliphatic carbocycles. The topological polar surface area (TPSA) is 75.5 Å². The van der Waals surface area contributed by atoms with E-state index in [2.05, 4.69) is 21.7 Å². The van der Waals surface area contributed by atoms with Crippen molar-refractivity contribution in [3.05, 3.63) is 65.2 Å². The maximum Gasteiger partial charge on any atom is 0.287 e. The van der Waals surface area contributed by atoms with Crippen molar-refractivity contribution >= 4 is 23.0 Å². The molecular weight excluding hydrogens is 364 g/mol. The molecule has 0 spiro atoms. The lowest BCUT2D eigenvalue weighted by Gasteiger charge is -2.22. The molecule has 2 amide bonds. The van der Waals surface area contributed by atoms with E-state index in [1.165, 1.54) is 6.42 Å². The molecule has 0 unspecified atom stereocenters. The Bertz CT molecular complexity index is 1040. The molecule has 1 fully saturated rings. The number of hydrogen-bond acceptors (Lipinski definition) is 3.